The Morgan fingerprint density at radius 3 is 2.54 bits per heavy atom. The van der Waals surface area contributed by atoms with Gasteiger partial charge in [0, 0.05) is 20.9 Å². The lowest BCUT2D eigenvalue weighted by Gasteiger charge is -2.14. The standard InChI is InChI=1S/C27H26BrClN6OS/c1-17-15-22(29)13-14-24(17)30-16-25-32-34-27(35(25)23-7-5-4-6-8-23)37-19(3)26(36)33-31-18(2)20-9-11-21(28)12-10-20/h4-15,19,30H,16H2,1-3H3,(H,33,36)/b31-18-/t19-/m1/s1. The molecule has 0 spiro atoms. The maximum atomic E-state index is 12.8. The number of para-hydroxylation sites is 1. The van der Waals surface area contributed by atoms with E-state index in [-0.39, 0.29) is 5.91 Å². The summed E-state index contributed by atoms with van der Waals surface area (Å²) in [7, 11) is 0. The van der Waals surface area contributed by atoms with E-state index in [1.807, 2.05) is 98.1 Å². The summed E-state index contributed by atoms with van der Waals surface area (Å²) in [6.45, 7) is 6.12. The van der Waals surface area contributed by atoms with E-state index >= 15 is 0 Å². The van der Waals surface area contributed by atoms with Crippen molar-refractivity contribution in [1.82, 2.24) is 20.2 Å². The van der Waals surface area contributed by atoms with Crippen LogP contribution in [0.15, 0.2) is 87.5 Å². The van der Waals surface area contributed by atoms with Crippen LogP contribution in [0.1, 0.15) is 30.8 Å². The lowest BCUT2D eigenvalue weighted by atomic mass is 10.1. The quantitative estimate of drug-likeness (QED) is 0.129. The summed E-state index contributed by atoms with van der Waals surface area (Å²) in [5.41, 5.74) is 7.24. The van der Waals surface area contributed by atoms with Gasteiger partial charge >= 0.3 is 0 Å². The van der Waals surface area contributed by atoms with Crippen molar-refractivity contribution in [2.24, 2.45) is 5.10 Å². The maximum absolute atomic E-state index is 12.8. The smallest absolute Gasteiger partial charge is 0.253 e. The highest BCUT2D eigenvalue weighted by Crippen LogP contribution is 2.27. The number of aryl methyl sites for hydroxylation is 1. The molecule has 0 bridgehead atoms. The molecule has 37 heavy (non-hydrogen) atoms. The van der Waals surface area contributed by atoms with Gasteiger partial charge in [0.05, 0.1) is 17.5 Å². The van der Waals surface area contributed by atoms with Gasteiger partial charge in [0.25, 0.3) is 5.91 Å². The van der Waals surface area contributed by atoms with Crippen molar-refractivity contribution in [3.05, 3.63) is 99.2 Å². The highest BCUT2D eigenvalue weighted by molar-refractivity contribution is 9.10. The Hall–Kier alpha value is -3.14. The van der Waals surface area contributed by atoms with Crippen LogP contribution in [-0.4, -0.2) is 31.6 Å². The number of carbonyl (C=O) groups excluding carboxylic acids is 1. The average Bonchev–Trinajstić information content (AvgIpc) is 3.29. The molecule has 3 aromatic carbocycles. The molecule has 1 aromatic heterocycles. The van der Waals surface area contributed by atoms with E-state index in [0.717, 1.165) is 38.5 Å². The summed E-state index contributed by atoms with van der Waals surface area (Å²) >= 11 is 10.8. The molecule has 0 unspecified atom stereocenters. The van der Waals surface area contributed by atoms with Crippen LogP contribution < -0.4 is 10.7 Å². The second-order valence-electron chi connectivity index (χ2n) is 8.32. The molecule has 0 aliphatic heterocycles. The molecule has 1 amide bonds. The number of rotatable bonds is 9. The second kappa shape index (κ2) is 12.4. The number of aromatic nitrogens is 3. The van der Waals surface area contributed by atoms with Crippen molar-refractivity contribution < 1.29 is 4.79 Å². The molecular weight excluding hydrogens is 572 g/mol. The van der Waals surface area contributed by atoms with Crippen molar-refractivity contribution in [3.8, 4) is 5.69 Å². The topological polar surface area (TPSA) is 84.2 Å². The first-order chi connectivity index (χ1) is 17.8. The minimum Gasteiger partial charge on any atom is -0.378 e. The van der Waals surface area contributed by atoms with E-state index in [1.165, 1.54) is 11.8 Å². The number of halogens is 2. The monoisotopic (exact) mass is 596 g/mol. The van der Waals surface area contributed by atoms with Crippen molar-refractivity contribution >= 4 is 56.6 Å². The molecule has 1 atom stereocenters. The number of benzene rings is 3. The second-order valence-corrected chi connectivity index (χ2v) is 11.0. The van der Waals surface area contributed by atoms with Crippen LogP contribution in [0.3, 0.4) is 0 Å². The molecule has 0 saturated heterocycles. The number of thioether (sulfide) groups is 1. The Labute approximate surface area is 233 Å². The van der Waals surface area contributed by atoms with Gasteiger partial charge in [0.15, 0.2) is 11.0 Å². The minimum atomic E-state index is -0.451. The van der Waals surface area contributed by atoms with Gasteiger partial charge in [-0.2, -0.15) is 5.10 Å². The van der Waals surface area contributed by atoms with Gasteiger partial charge in [-0.25, -0.2) is 5.43 Å². The van der Waals surface area contributed by atoms with Crippen LogP contribution in [0.2, 0.25) is 5.02 Å². The zero-order chi connectivity index (χ0) is 26.4. The van der Waals surface area contributed by atoms with Crippen LogP contribution in [0.5, 0.6) is 0 Å². The molecule has 190 valence electrons. The molecule has 10 heteroatoms. The van der Waals surface area contributed by atoms with E-state index in [4.69, 9.17) is 11.6 Å². The summed E-state index contributed by atoms with van der Waals surface area (Å²) in [5.74, 6) is 0.500. The molecule has 1 heterocycles. The number of hydrogen-bond donors (Lipinski definition) is 2. The summed E-state index contributed by atoms with van der Waals surface area (Å²) in [6.07, 6.45) is 0. The molecule has 7 nitrogen and oxygen atoms in total. The Morgan fingerprint density at radius 1 is 1.11 bits per heavy atom. The average molecular weight is 598 g/mol. The number of hydrogen-bond acceptors (Lipinski definition) is 6. The normalized spacial score (nSPS) is 12.3. The molecular formula is C27H26BrClN6OS. The third-order valence-corrected chi connectivity index (χ3v) is 7.39. The van der Waals surface area contributed by atoms with E-state index in [1.54, 1.807) is 0 Å². The van der Waals surface area contributed by atoms with Gasteiger partial charge in [-0.05, 0) is 74.4 Å². The summed E-state index contributed by atoms with van der Waals surface area (Å²) in [6, 6.07) is 23.3. The minimum absolute atomic E-state index is 0.222. The molecule has 0 radical (unpaired) electrons. The predicted molar refractivity (Wildman–Crippen MR) is 155 cm³/mol. The van der Waals surface area contributed by atoms with Crippen LogP contribution in [-0.2, 0) is 11.3 Å². The fourth-order valence-electron chi connectivity index (χ4n) is 3.52. The third-order valence-electron chi connectivity index (χ3n) is 5.59. The van der Waals surface area contributed by atoms with Crippen molar-refractivity contribution in [2.75, 3.05) is 5.32 Å². The molecule has 0 aliphatic carbocycles. The van der Waals surface area contributed by atoms with Crippen LogP contribution in [0.25, 0.3) is 5.69 Å². The van der Waals surface area contributed by atoms with Crippen molar-refractivity contribution in [2.45, 2.75) is 37.7 Å². The molecule has 0 fully saturated rings. The first-order valence-corrected chi connectivity index (χ1v) is 13.6. The molecule has 4 rings (SSSR count). The molecule has 2 N–H and O–H groups in total. The Kier molecular flexibility index (Phi) is 9.02. The largest absolute Gasteiger partial charge is 0.378 e. The Balaban J connectivity index is 1.50. The highest BCUT2D eigenvalue weighted by Gasteiger charge is 2.21. The van der Waals surface area contributed by atoms with E-state index in [2.05, 4.69) is 42.0 Å². The fraction of sp³-hybridized carbons (Fsp3) is 0.185. The van der Waals surface area contributed by atoms with Gasteiger partial charge < -0.3 is 5.32 Å². The van der Waals surface area contributed by atoms with Crippen LogP contribution >= 0.6 is 39.3 Å². The maximum Gasteiger partial charge on any atom is 0.253 e. The lowest BCUT2D eigenvalue weighted by Crippen LogP contribution is -2.28. The number of hydrazone groups is 1. The number of amides is 1. The van der Waals surface area contributed by atoms with E-state index in [9.17, 15) is 4.79 Å². The van der Waals surface area contributed by atoms with E-state index < -0.39 is 5.25 Å². The summed E-state index contributed by atoms with van der Waals surface area (Å²) in [5, 5.41) is 17.4. The first-order valence-electron chi connectivity index (χ1n) is 11.6. The summed E-state index contributed by atoms with van der Waals surface area (Å²) in [4.78, 5) is 12.8. The fourth-order valence-corrected chi connectivity index (χ4v) is 4.90. The van der Waals surface area contributed by atoms with Gasteiger partial charge in [0.1, 0.15) is 0 Å². The highest BCUT2D eigenvalue weighted by atomic mass is 79.9. The Bertz CT molecular complexity index is 1410. The molecule has 0 saturated carbocycles. The van der Waals surface area contributed by atoms with Gasteiger partial charge in [-0.15, -0.1) is 10.2 Å². The number of nitrogens with zero attached hydrogens (tertiary/aromatic N) is 4. The first kappa shape index (κ1) is 26.9. The molecule has 4 aromatic rings. The zero-order valence-electron chi connectivity index (χ0n) is 20.6. The third kappa shape index (κ3) is 7.00. The summed E-state index contributed by atoms with van der Waals surface area (Å²) < 4.78 is 2.95. The number of anilines is 1. The molecule has 0 aliphatic rings. The number of carbonyl (C=O) groups is 1. The predicted octanol–water partition coefficient (Wildman–Crippen LogP) is 6.62. The zero-order valence-corrected chi connectivity index (χ0v) is 23.7. The van der Waals surface area contributed by atoms with E-state index in [0.29, 0.717) is 16.7 Å². The van der Waals surface area contributed by atoms with Gasteiger partial charge in [0.2, 0.25) is 0 Å². The van der Waals surface area contributed by atoms with Gasteiger partial charge in [-0.3, -0.25) is 9.36 Å². The van der Waals surface area contributed by atoms with Crippen LogP contribution in [0.4, 0.5) is 5.69 Å². The number of nitrogens with one attached hydrogen (secondary N) is 2. The van der Waals surface area contributed by atoms with Gasteiger partial charge in [-0.1, -0.05) is 69.6 Å². The SMILES string of the molecule is C/C(=N/NC(=O)[C@@H](C)Sc1nnc(CNc2ccc(Cl)cc2C)n1-c1ccccc1)c1ccc(Br)cc1. The van der Waals surface area contributed by atoms with Crippen LogP contribution in [0, 0.1) is 6.92 Å². The van der Waals surface area contributed by atoms with Crippen molar-refractivity contribution in [3.63, 3.8) is 0 Å². The lowest BCUT2D eigenvalue weighted by molar-refractivity contribution is -0.120. The Morgan fingerprint density at radius 2 is 1.84 bits per heavy atom. The van der Waals surface area contributed by atoms with Crippen molar-refractivity contribution in [1.29, 1.82) is 0 Å².